The molecule has 0 N–H and O–H groups in total. The van der Waals surface area contributed by atoms with Crippen molar-refractivity contribution in [1.29, 1.82) is 0 Å². The van der Waals surface area contributed by atoms with Gasteiger partial charge < -0.3 is 24.8 Å². The number of aryl methyl sites for hydroxylation is 1. The van der Waals surface area contributed by atoms with Gasteiger partial charge in [0.05, 0.1) is 0 Å². The zero-order chi connectivity index (χ0) is 23.0. The third kappa shape index (κ3) is 3.34. The Hall–Kier alpha value is -1.97. The van der Waals surface area contributed by atoms with Crippen LogP contribution in [0.4, 0.5) is 0 Å². The molecule has 1 aliphatic heterocycles. The zero-order valence-electron chi connectivity index (χ0n) is 20.3. The van der Waals surface area contributed by atoms with Gasteiger partial charge in [-0.25, -0.2) is 0 Å². The van der Waals surface area contributed by atoms with E-state index in [4.69, 9.17) is 0 Å². The third-order valence-electron chi connectivity index (χ3n) is 8.06. The van der Waals surface area contributed by atoms with Crippen LogP contribution in [0, 0.1) is 13.8 Å². The zero-order valence-corrected chi connectivity index (χ0v) is 26.4. The van der Waals surface area contributed by atoms with Gasteiger partial charge in [-0.15, -0.1) is 0 Å². The van der Waals surface area contributed by atoms with E-state index in [1.807, 2.05) is 0 Å². The third-order valence-corrected chi connectivity index (χ3v) is 15.0. The fourth-order valence-corrected chi connectivity index (χ4v) is 14.0. The van der Waals surface area contributed by atoms with Gasteiger partial charge in [-0.3, -0.25) is 0 Å². The minimum Gasteiger partial charge on any atom is -1.00 e. The van der Waals surface area contributed by atoms with Crippen molar-refractivity contribution in [2.24, 2.45) is 0 Å². The number of allylic oxidation sites excluding steroid dienone is 4. The van der Waals surface area contributed by atoms with E-state index in [1.165, 1.54) is 27.1 Å². The molecule has 0 saturated carbocycles. The molecule has 175 valence electrons. The van der Waals surface area contributed by atoms with E-state index in [0.29, 0.717) is 3.67 Å². The maximum Gasteiger partial charge on any atom is -1.00 e. The molecule has 0 nitrogen and oxygen atoms in total. The van der Waals surface area contributed by atoms with E-state index in [9.17, 15) is 0 Å². The van der Waals surface area contributed by atoms with Crippen molar-refractivity contribution in [2.45, 2.75) is 23.9 Å². The Balaban J connectivity index is 0.00000133. The summed E-state index contributed by atoms with van der Waals surface area (Å²) < 4.78 is 0.559. The summed E-state index contributed by atoms with van der Waals surface area (Å²) in [6.45, 7) is 4.67. The quantitative estimate of drug-likeness (QED) is 0.213. The molecule has 0 spiro atoms. The summed E-state index contributed by atoms with van der Waals surface area (Å²) in [6, 6.07) is 30.0. The Labute approximate surface area is 242 Å². The van der Waals surface area contributed by atoms with Gasteiger partial charge in [0.1, 0.15) is 0 Å². The molecule has 36 heavy (non-hydrogen) atoms. The molecule has 1 atom stereocenters. The first kappa shape index (κ1) is 25.7. The van der Waals surface area contributed by atoms with Crippen LogP contribution in [-0.2, 0) is 24.4 Å². The summed E-state index contributed by atoms with van der Waals surface area (Å²) in [5.41, 5.74) is 12.3. The largest absolute Gasteiger partial charge is 1.00 e. The molecule has 7 rings (SSSR count). The molecule has 1 heterocycles. The van der Waals surface area contributed by atoms with Gasteiger partial charge in [0.25, 0.3) is 0 Å². The fraction of sp³-hybridized carbons (Fsp3) is 0.125. The second-order valence-electron chi connectivity index (χ2n) is 9.87. The summed E-state index contributed by atoms with van der Waals surface area (Å²) in [5.74, 6) is 0. The van der Waals surface area contributed by atoms with Crippen molar-refractivity contribution >= 4 is 34.4 Å². The Morgan fingerprint density at radius 3 is 2.00 bits per heavy atom. The number of hydrogen-bond donors (Lipinski definition) is 0. The Bertz CT molecular complexity index is 1520. The topological polar surface area (TPSA) is 0 Å². The molecule has 4 heteroatoms. The molecule has 1 unspecified atom stereocenters. The van der Waals surface area contributed by atoms with E-state index in [0.717, 1.165) is 30.8 Å². The van der Waals surface area contributed by atoms with Crippen molar-refractivity contribution in [1.82, 2.24) is 0 Å². The van der Waals surface area contributed by atoms with Crippen molar-refractivity contribution < 1.29 is 49.2 Å². The monoisotopic (exact) mass is 687 g/mol. The predicted molar refractivity (Wildman–Crippen MR) is 142 cm³/mol. The Kier molecular flexibility index (Phi) is 6.70. The molecule has 0 aromatic heterocycles. The van der Waals surface area contributed by atoms with E-state index in [1.54, 1.807) is 38.2 Å². The van der Waals surface area contributed by atoms with Crippen molar-refractivity contribution in [3.63, 3.8) is 0 Å². The summed E-state index contributed by atoms with van der Waals surface area (Å²) >= 11 is 1.14. The number of rotatable bonds is 3. The van der Waals surface area contributed by atoms with Crippen LogP contribution in [0.15, 0.2) is 97.1 Å². The Morgan fingerprint density at radius 1 is 0.778 bits per heavy atom. The van der Waals surface area contributed by atoms with Crippen molar-refractivity contribution in [3.8, 4) is 11.1 Å². The van der Waals surface area contributed by atoms with Crippen LogP contribution in [0.5, 0.6) is 0 Å². The van der Waals surface area contributed by atoms with Crippen molar-refractivity contribution in [2.75, 3.05) is 0 Å². The molecule has 0 bridgehead atoms. The van der Waals surface area contributed by atoms with Crippen LogP contribution < -0.4 is 45.6 Å². The second kappa shape index (κ2) is 9.40. The first-order valence-electron chi connectivity index (χ1n) is 12.1. The van der Waals surface area contributed by atoms with Crippen LogP contribution in [0.2, 0.25) is 0 Å². The number of fused-ring (bicyclic) bond motifs is 5. The molecule has 3 aliphatic rings. The first-order valence-corrected chi connectivity index (χ1v) is 16.2. The standard InChI is InChI=1S/C32H25Si.2ClH.Hf/c1-21-17-18-27-24(19-21)20-28-29(23-11-9-10-12-23)22(2)31-32(30(27)28)33(31,25-13-5-3-6-14-25)26-15-7-4-8-16-26;;;/h3-11,13-20H,12H2,1-2H3;2*1H;/q;;;+2/p-2. The molecule has 0 amide bonds. The van der Waals surface area contributed by atoms with Gasteiger partial charge in [-0.05, 0) is 0 Å². The number of benzene rings is 4. The number of halogens is 2. The van der Waals surface area contributed by atoms with Gasteiger partial charge in [0.2, 0.25) is 0 Å². The van der Waals surface area contributed by atoms with Gasteiger partial charge >= 0.3 is 219 Å². The molecule has 4 aromatic carbocycles. The van der Waals surface area contributed by atoms with Crippen LogP contribution in [-0.4, -0.2) is 8.07 Å². The summed E-state index contributed by atoms with van der Waals surface area (Å²) in [7, 11) is -2.17. The van der Waals surface area contributed by atoms with Gasteiger partial charge in [0, 0.05) is 0 Å². The van der Waals surface area contributed by atoms with Crippen LogP contribution >= 0.6 is 0 Å². The van der Waals surface area contributed by atoms with E-state index in [2.05, 4.69) is 111 Å². The van der Waals surface area contributed by atoms with Crippen LogP contribution in [0.3, 0.4) is 0 Å². The van der Waals surface area contributed by atoms with Gasteiger partial charge in [-0.1, -0.05) is 0 Å². The van der Waals surface area contributed by atoms with Gasteiger partial charge in [0.15, 0.2) is 0 Å². The predicted octanol–water partition coefficient (Wildman–Crippen LogP) is -1.04. The number of hydrogen-bond acceptors (Lipinski definition) is 0. The Morgan fingerprint density at radius 2 is 1.42 bits per heavy atom. The molecule has 4 aromatic rings. The molecule has 0 fully saturated rings. The SMILES string of the molecule is Cc1ccc2c(c1)[CH]([Hf+2])c1c(C3=CC=CC3)c(C)c3c(c1-2)[Si]3(c1ccccc1)c1ccccc1.[Cl-].[Cl-]. The maximum absolute atomic E-state index is 2.47. The minimum absolute atomic E-state index is 0. The molecular weight excluding hydrogens is 662 g/mol. The normalized spacial score (nSPS) is 17.3. The average molecular weight is 687 g/mol. The molecule has 0 saturated heterocycles. The molecule has 2 aliphatic carbocycles. The minimum atomic E-state index is -2.17. The summed E-state index contributed by atoms with van der Waals surface area (Å²) in [4.78, 5) is 0. The summed E-state index contributed by atoms with van der Waals surface area (Å²) in [5, 5.41) is 6.43. The van der Waals surface area contributed by atoms with Gasteiger partial charge in [-0.2, -0.15) is 0 Å². The average Bonchev–Trinajstić information content (AvgIpc) is 3.13. The summed E-state index contributed by atoms with van der Waals surface area (Å²) in [6.07, 6.45) is 8.00. The van der Waals surface area contributed by atoms with E-state index < -0.39 is 8.07 Å². The van der Waals surface area contributed by atoms with E-state index >= 15 is 0 Å². The molecule has 0 radical (unpaired) electrons. The smallest absolute Gasteiger partial charge is 1.00 e. The second-order valence-corrected chi connectivity index (χ2v) is 15.6. The fourth-order valence-electron chi connectivity index (χ4n) is 6.69. The van der Waals surface area contributed by atoms with Crippen LogP contribution in [0.1, 0.15) is 37.9 Å². The van der Waals surface area contributed by atoms with E-state index in [-0.39, 0.29) is 24.8 Å². The maximum atomic E-state index is 2.47. The van der Waals surface area contributed by atoms with Crippen LogP contribution in [0.25, 0.3) is 16.7 Å². The van der Waals surface area contributed by atoms with Crippen molar-refractivity contribution in [3.05, 3.63) is 125 Å². The first-order chi connectivity index (χ1) is 16.6. The molecular formula is C32H25Cl2HfSi.